The number of allylic oxidation sites excluding steroid dienone is 4. The maximum Gasteiger partial charge on any atom is 0.134 e. The highest BCUT2D eigenvalue weighted by Crippen LogP contribution is 2.38. The van der Waals surface area contributed by atoms with E-state index < -0.39 is 5.41 Å². The van der Waals surface area contributed by atoms with Gasteiger partial charge in [-0.15, -0.1) is 0 Å². The standard InChI is InChI=1S/C17H19NO3/c19-13-17(6-2-1-3-7-17)15-5-4-14(12-16(15)20)18-8-10-21-11-9-18/h1-6,12-13,20H,7-11H2. The second kappa shape index (κ2) is 5.74. The molecule has 1 aromatic carbocycles. The molecule has 0 aromatic heterocycles. The predicted octanol–water partition coefficient (Wildman–Crippen LogP) is 2.18. The monoisotopic (exact) mass is 285 g/mol. The van der Waals surface area contributed by atoms with Crippen molar-refractivity contribution in [2.75, 3.05) is 31.2 Å². The van der Waals surface area contributed by atoms with Crippen LogP contribution in [0.25, 0.3) is 0 Å². The molecule has 0 saturated carbocycles. The summed E-state index contributed by atoms with van der Waals surface area (Å²) < 4.78 is 5.34. The molecule has 4 heteroatoms. The number of hydrogen-bond acceptors (Lipinski definition) is 4. The summed E-state index contributed by atoms with van der Waals surface area (Å²) in [5, 5.41) is 10.4. The number of hydrogen-bond donors (Lipinski definition) is 1. The summed E-state index contributed by atoms with van der Waals surface area (Å²) in [5.74, 6) is 0.172. The number of morpholine rings is 1. The molecule has 21 heavy (non-hydrogen) atoms. The number of phenols is 1. The highest BCUT2D eigenvalue weighted by atomic mass is 16.5. The van der Waals surface area contributed by atoms with Gasteiger partial charge in [-0.1, -0.05) is 30.4 Å². The maximum atomic E-state index is 11.6. The van der Waals surface area contributed by atoms with Crippen molar-refractivity contribution in [3.05, 3.63) is 48.1 Å². The number of nitrogens with zero attached hydrogens (tertiary/aromatic N) is 1. The highest BCUT2D eigenvalue weighted by Gasteiger charge is 2.32. The van der Waals surface area contributed by atoms with Gasteiger partial charge in [0.15, 0.2) is 0 Å². The summed E-state index contributed by atoms with van der Waals surface area (Å²) in [6.45, 7) is 3.04. The van der Waals surface area contributed by atoms with Crippen molar-refractivity contribution in [2.45, 2.75) is 11.8 Å². The molecule has 1 aliphatic carbocycles. The van der Waals surface area contributed by atoms with E-state index in [0.717, 1.165) is 25.1 Å². The molecule has 0 spiro atoms. The van der Waals surface area contributed by atoms with Crippen molar-refractivity contribution >= 4 is 12.0 Å². The van der Waals surface area contributed by atoms with Gasteiger partial charge in [0.1, 0.15) is 12.0 Å². The zero-order valence-electron chi connectivity index (χ0n) is 11.9. The van der Waals surface area contributed by atoms with Gasteiger partial charge < -0.3 is 19.5 Å². The SMILES string of the molecule is O=CC1(c2ccc(N3CCOCC3)cc2O)C=CC=CC1. The quantitative estimate of drug-likeness (QED) is 0.865. The average molecular weight is 285 g/mol. The number of aromatic hydroxyl groups is 1. The lowest BCUT2D eigenvalue weighted by molar-refractivity contribution is -0.111. The zero-order valence-corrected chi connectivity index (χ0v) is 11.9. The molecule has 3 rings (SSSR count). The Hall–Kier alpha value is -2.07. The van der Waals surface area contributed by atoms with E-state index in [0.29, 0.717) is 25.2 Å². The van der Waals surface area contributed by atoms with Gasteiger partial charge in [-0.3, -0.25) is 0 Å². The molecule has 1 atom stereocenters. The molecular weight excluding hydrogens is 266 g/mol. The summed E-state index contributed by atoms with van der Waals surface area (Å²) in [7, 11) is 0. The Labute approximate surface area is 124 Å². The number of rotatable bonds is 3. The van der Waals surface area contributed by atoms with Crippen LogP contribution in [0.5, 0.6) is 5.75 Å². The van der Waals surface area contributed by atoms with Crippen LogP contribution in [0, 0.1) is 0 Å². The lowest BCUT2D eigenvalue weighted by atomic mass is 9.76. The third kappa shape index (κ3) is 2.59. The van der Waals surface area contributed by atoms with Crippen LogP contribution in [-0.2, 0) is 14.9 Å². The van der Waals surface area contributed by atoms with E-state index in [4.69, 9.17) is 4.74 Å². The Morgan fingerprint density at radius 2 is 2.05 bits per heavy atom. The van der Waals surface area contributed by atoms with Gasteiger partial charge in [0.25, 0.3) is 0 Å². The normalized spacial score (nSPS) is 25.0. The van der Waals surface area contributed by atoms with Crippen LogP contribution in [0.3, 0.4) is 0 Å². The first-order valence-electron chi connectivity index (χ1n) is 7.22. The van der Waals surface area contributed by atoms with Gasteiger partial charge in [0.2, 0.25) is 0 Å². The summed E-state index contributed by atoms with van der Waals surface area (Å²) in [4.78, 5) is 13.8. The first kappa shape index (κ1) is 13.9. The van der Waals surface area contributed by atoms with Crippen LogP contribution in [-0.4, -0.2) is 37.7 Å². The average Bonchev–Trinajstić information content (AvgIpc) is 2.56. The molecule has 1 unspecified atom stereocenters. The molecule has 1 saturated heterocycles. The van der Waals surface area contributed by atoms with Crippen LogP contribution in [0.2, 0.25) is 0 Å². The molecule has 2 aliphatic rings. The highest BCUT2D eigenvalue weighted by molar-refractivity contribution is 5.76. The van der Waals surface area contributed by atoms with E-state index in [-0.39, 0.29) is 5.75 Å². The number of aldehydes is 1. The second-order valence-electron chi connectivity index (χ2n) is 5.45. The van der Waals surface area contributed by atoms with Crippen LogP contribution in [0.15, 0.2) is 42.5 Å². The fourth-order valence-electron chi connectivity index (χ4n) is 2.92. The lowest BCUT2D eigenvalue weighted by Gasteiger charge is -2.31. The Bertz CT molecular complexity index is 588. The third-order valence-electron chi connectivity index (χ3n) is 4.17. The number of phenolic OH excluding ortho intramolecular Hbond substituents is 1. The summed E-state index contributed by atoms with van der Waals surface area (Å²) in [6, 6.07) is 5.58. The Balaban J connectivity index is 1.92. The molecular formula is C17H19NO3. The lowest BCUT2D eigenvalue weighted by Crippen LogP contribution is -2.36. The van der Waals surface area contributed by atoms with E-state index in [1.165, 1.54) is 0 Å². The number of benzene rings is 1. The molecule has 0 radical (unpaired) electrons. The van der Waals surface area contributed by atoms with Crippen LogP contribution >= 0.6 is 0 Å². The van der Waals surface area contributed by atoms with Crippen molar-refractivity contribution < 1.29 is 14.6 Å². The third-order valence-corrected chi connectivity index (χ3v) is 4.17. The van der Waals surface area contributed by atoms with E-state index in [2.05, 4.69) is 4.90 Å². The minimum atomic E-state index is -0.748. The largest absolute Gasteiger partial charge is 0.508 e. The van der Waals surface area contributed by atoms with Crippen molar-refractivity contribution in [3.8, 4) is 5.75 Å². The van der Waals surface area contributed by atoms with Gasteiger partial charge in [-0.25, -0.2) is 0 Å². The van der Waals surface area contributed by atoms with Crippen molar-refractivity contribution in [1.82, 2.24) is 0 Å². The Kier molecular flexibility index (Phi) is 3.80. The topological polar surface area (TPSA) is 49.8 Å². The molecule has 0 bridgehead atoms. The molecule has 1 aromatic rings. The smallest absolute Gasteiger partial charge is 0.134 e. The van der Waals surface area contributed by atoms with Crippen molar-refractivity contribution in [1.29, 1.82) is 0 Å². The van der Waals surface area contributed by atoms with E-state index in [1.54, 1.807) is 6.07 Å². The van der Waals surface area contributed by atoms with Crippen molar-refractivity contribution in [3.63, 3.8) is 0 Å². The summed E-state index contributed by atoms with van der Waals surface area (Å²) in [6.07, 6.45) is 9.06. The first-order valence-corrected chi connectivity index (χ1v) is 7.22. The van der Waals surface area contributed by atoms with Crippen LogP contribution in [0.4, 0.5) is 5.69 Å². The number of ether oxygens (including phenoxy) is 1. The minimum absolute atomic E-state index is 0.172. The first-order chi connectivity index (χ1) is 10.2. The molecule has 1 aliphatic heterocycles. The number of carbonyl (C=O) groups excluding carboxylic acids is 1. The molecule has 0 amide bonds. The van der Waals surface area contributed by atoms with Gasteiger partial charge in [0, 0.05) is 30.4 Å². The van der Waals surface area contributed by atoms with Crippen molar-refractivity contribution in [2.24, 2.45) is 0 Å². The van der Waals surface area contributed by atoms with Gasteiger partial charge in [-0.2, -0.15) is 0 Å². The molecule has 110 valence electrons. The Morgan fingerprint density at radius 1 is 1.24 bits per heavy atom. The van der Waals surface area contributed by atoms with Crippen LogP contribution < -0.4 is 4.90 Å². The molecule has 1 fully saturated rings. The van der Waals surface area contributed by atoms with E-state index in [9.17, 15) is 9.90 Å². The van der Waals surface area contributed by atoms with Crippen LogP contribution in [0.1, 0.15) is 12.0 Å². The summed E-state index contributed by atoms with van der Waals surface area (Å²) in [5.41, 5.74) is 0.883. The number of anilines is 1. The zero-order chi connectivity index (χ0) is 14.7. The van der Waals surface area contributed by atoms with Gasteiger partial charge in [0.05, 0.1) is 18.6 Å². The molecule has 1 N–H and O–H groups in total. The van der Waals surface area contributed by atoms with Gasteiger partial charge in [-0.05, 0) is 12.5 Å². The molecule has 4 nitrogen and oxygen atoms in total. The predicted molar refractivity (Wildman–Crippen MR) is 81.8 cm³/mol. The van der Waals surface area contributed by atoms with Gasteiger partial charge >= 0.3 is 0 Å². The number of carbonyl (C=O) groups is 1. The maximum absolute atomic E-state index is 11.6. The second-order valence-corrected chi connectivity index (χ2v) is 5.45. The summed E-state index contributed by atoms with van der Waals surface area (Å²) >= 11 is 0. The Morgan fingerprint density at radius 3 is 2.67 bits per heavy atom. The minimum Gasteiger partial charge on any atom is -0.508 e. The van der Waals surface area contributed by atoms with E-state index in [1.807, 2.05) is 36.4 Å². The fraction of sp³-hybridized carbons (Fsp3) is 0.353. The molecule has 1 heterocycles. The van der Waals surface area contributed by atoms with E-state index >= 15 is 0 Å². The fourth-order valence-corrected chi connectivity index (χ4v) is 2.92.